The van der Waals surface area contributed by atoms with Crippen LogP contribution in [0.4, 0.5) is 13.2 Å². The topological polar surface area (TPSA) is 54.5 Å². The molecule has 0 N–H and O–H groups in total. The number of carbonyl (C=O) groups is 1. The van der Waals surface area contributed by atoms with Gasteiger partial charge in [-0.2, -0.15) is 8.78 Å². The second-order valence-electron chi connectivity index (χ2n) is 3.79. The molecule has 8 heteroatoms. The number of carbonyl (C=O) groups excluding carboxylic acids is 1. The van der Waals surface area contributed by atoms with E-state index in [-0.39, 0.29) is 10.5 Å². The molecular formula is C11H8F3NO3S. The number of hydrogen-bond acceptors (Lipinski definition) is 3. The minimum Gasteiger partial charge on any atom is -0.268 e. The fourth-order valence-electron chi connectivity index (χ4n) is 1.75. The molecule has 0 spiro atoms. The van der Waals surface area contributed by atoms with Crippen LogP contribution in [0.15, 0.2) is 41.1 Å². The van der Waals surface area contributed by atoms with Gasteiger partial charge >= 0.3 is 6.08 Å². The highest BCUT2D eigenvalue weighted by molar-refractivity contribution is 7.90. The van der Waals surface area contributed by atoms with Gasteiger partial charge in [0, 0.05) is 13.0 Å². The molecule has 1 aromatic carbocycles. The molecule has 0 saturated heterocycles. The summed E-state index contributed by atoms with van der Waals surface area (Å²) in [5.74, 6) is -2.55. The van der Waals surface area contributed by atoms with Gasteiger partial charge < -0.3 is 0 Å². The second kappa shape index (κ2) is 4.69. The Kier molecular flexibility index (Phi) is 3.36. The SMILES string of the molecule is O=C1c2ccccc2S(=O)(=O)N1CCC(F)=C(F)F. The minimum atomic E-state index is -4.07. The van der Waals surface area contributed by atoms with Crippen molar-refractivity contribution < 1.29 is 26.4 Å². The molecule has 0 radical (unpaired) electrons. The molecule has 1 aliphatic rings. The molecule has 4 nitrogen and oxygen atoms in total. The van der Waals surface area contributed by atoms with Crippen LogP contribution >= 0.6 is 0 Å². The summed E-state index contributed by atoms with van der Waals surface area (Å²) in [4.78, 5) is 11.6. The molecule has 1 aromatic rings. The number of fused-ring (bicyclic) bond motifs is 1. The summed E-state index contributed by atoms with van der Waals surface area (Å²) in [5, 5.41) is 0. The van der Waals surface area contributed by atoms with Crippen LogP contribution in [0.1, 0.15) is 16.8 Å². The van der Waals surface area contributed by atoms with Crippen molar-refractivity contribution in [1.82, 2.24) is 4.31 Å². The van der Waals surface area contributed by atoms with Gasteiger partial charge in [-0.1, -0.05) is 12.1 Å². The fourth-order valence-corrected chi connectivity index (χ4v) is 3.32. The maximum Gasteiger partial charge on any atom is 0.301 e. The molecule has 1 heterocycles. The monoisotopic (exact) mass is 291 g/mol. The van der Waals surface area contributed by atoms with Gasteiger partial charge in [-0.25, -0.2) is 17.1 Å². The fraction of sp³-hybridized carbons (Fsp3) is 0.182. The van der Waals surface area contributed by atoms with Crippen LogP contribution in [-0.2, 0) is 10.0 Å². The van der Waals surface area contributed by atoms with E-state index in [1.165, 1.54) is 24.3 Å². The molecular weight excluding hydrogens is 283 g/mol. The van der Waals surface area contributed by atoms with Crippen LogP contribution in [0, 0.1) is 0 Å². The Labute approximate surface area is 107 Å². The van der Waals surface area contributed by atoms with E-state index in [1.807, 2.05) is 0 Å². The Bertz CT molecular complexity index is 666. The van der Waals surface area contributed by atoms with Crippen LogP contribution in [0.5, 0.6) is 0 Å². The highest BCUT2D eigenvalue weighted by Crippen LogP contribution is 2.30. The van der Waals surface area contributed by atoms with Crippen molar-refractivity contribution in [3.05, 3.63) is 41.7 Å². The molecule has 102 valence electrons. The Hall–Kier alpha value is -1.83. The molecule has 0 atom stereocenters. The highest BCUT2D eigenvalue weighted by Gasteiger charge is 2.40. The number of amides is 1. The molecule has 0 unspecified atom stereocenters. The van der Waals surface area contributed by atoms with Gasteiger partial charge in [0.05, 0.1) is 5.56 Å². The van der Waals surface area contributed by atoms with E-state index >= 15 is 0 Å². The van der Waals surface area contributed by atoms with E-state index < -0.39 is 40.8 Å². The predicted molar refractivity (Wildman–Crippen MR) is 59.6 cm³/mol. The first kappa shape index (κ1) is 13.6. The number of benzene rings is 1. The number of hydrogen-bond donors (Lipinski definition) is 0. The standard InChI is InChI=1S/C11H8F3NO3S/c12-8(10(13)14)5-6-15-11(16)7-3-1-2-4-9(7)19(15,17)18/h1-4H,5-6H2. The van der Waals surface area contributed by atoms with Crippen molar-refractivity contribution >= 4 is 15.9 Å². The molecule has 1 amide bonds. The second-order valence-corrected chi connectivity index (χ2v) is 5.62. The van der Waals surface area contributed by atoms with Crippen molar-refractivity contribution in [3.63, 3.8) is 0 Å². The summed E-state index contributed by atoms with van der Waals surface area (Å²) in [6, 6.07) is 5.48. The van der Waals surface area contributed by atoms with Crippen LogP contribution in [0.3, 0.4) is 0 Å². The third kappa shape index (κ3) is 2.23. The normalized spacial score (nSPS) is 16.4. The lowest BCUT2D eigenvalue weighted by atomic mass is 10.2. The van der Waals surface area contributed by atoms with Gasteiger partial charge in [0.1, 0.15) is 4.90 Å². The first-order valence-corrected chi connectivity index (χ1v) is 6.65. The van der Waals surface area contributed by atoms with Gasteiger partial charge in [0.15, 0.2) is 5.83 Å². The molecule has 19 heavy (non-hydrogen) atoms. The minimum absolute atomic E-state index is 0.0346. The largest absolute Gasteiger partial charge is 0.301 e. The summed E-state index contributed by atoms with van der Waals surface area (Å²) >= 11 is 0. The van der Waals surface area contributed by atoms with Crippen molar-refractivity contribution in [3.8, 4) is 0 Å². The van der Waals surface area contributed by atoms with Crippen LogP contribution < -0.4 is 0 Å². The third-order valence-corrected chi connectivity index (χ3v) is 4.49. The van der Waals surface area contributed by atoms with Gasteiger partial charge in [-0.05, 0) is 12.1 Å². The average molecular weight is 291 g/mol. The summed E-state index contributed by atoms with van der Waals surface area (Å²) in [7, 11) is -4.07. The maximum atomic E-state index is 12.7. The number of halogens is 3. The van der Waals surface area contributed by atoms with Crippen LogP contribution in [0.2, 0.25) is 0 Å². The van der Waals surface area contributed by atoms with Crippen molar-refractivity contribution in [1.29, 1.82) is 0 Å². The van der Waals surface area contributed by atoms with Crippen molar-refractivity contribution in [2.24, 2.45) is 0 Å². The molecule has 0 fully saturated rings. The summed E-state index contributed by atoms with van der Waals surface area (Å²) in [6.07, 6.45) is -3.36. The third-order valence-electron chi connectivity index (χ3n) is 2.65. The van der Waals surface area contributed by atoms with E-state index in [0.717, 1.165) is 0 Å². The maximum absolute atomic E-state index is 12.7. The summed E-state index contributed by atoms with van der Waals surface area (Å²) < 4.78 is 60.8. The highest BCUT2D eigenvalue weighted by atomic mass is 32.2. The Morgan fingerprint density at radius 1 is 1.16 bits per heavy atom. The molecule has 2 rings (SSSR count). The molecule has 0 saturated carbocycles. The Balaban J connectivity index is 2.31. The molecule has 0 aliphatic carbocycles. The Morgan fingerprint density at radius 3 is 2.37 bits per heavy atom. The van der Waals surface area contributed by atoms with Gasteiger partial charge in [-0.15, -0.1) is 0 Å². The van der Waals surface area contributed by atoms with Gasteiger partial charge in [0.25, 0.3) is 15.9 Å². The summed E-state index contributed by atoms with van der Waals surface area (Å²) in [6.45, 7) is -0.654. The molecule has 0 bridgehead atoms. The number of rotatable bonds is 3. The first-order chi connectivity index (χ1) is 8.85. The lowest BCUT2D eigenvalue weighted by Gasteiger charge is -2.13. The zero-order valence-electron chi connectivity index (χ0n) is 9.44. The van der Waals surface area contributed by atoms with E-state index in [9.17, 15) is 26.4 Å². The van der Waals surface area contributed by atoms with E-state index in [0.29, 0.717) is 4.31 Å². The zero-order valence-corrected chi connectivity index (χ0v) is 10.3. The van der Waals surface area contributed by atoms with Gasteiger partial charge in [0.2, 0.25) is 0 Å². The quantitative estimate of drug-likeness (QED) is 0.858. The van der Waals surface area contributed by atoms with Crippen LogP contribution in [0.25, 0.3) is 0 Å². The predicted octanol–water partition coefficient (Wildman–Crippen LogP) is 2.30. The van der Waals surface area contributed by atoms with E-state index in [2.05, 4.69) is 0 Å². The van der Waals surface area contributed by atoms with Crippen LogP contribution in [-0.4, -0.2) is 25.2 Å². The summed E-state index contributed by atoms with van der Waals surface area (Å²) in [5.41, 5.74) is -0.0346. The number of sulfonamides is 1. The zero-order chi connectivity index (χ0) is 14.2. The van der Waals surface area contributed by atoms with Crippen molar-refractivity contribution in [2.45, 2.75) is 11.3 Å². The smallest absolute Gasteiger partial charge is 0.268 e. The number of nitrogens with zero attached hydrogens (tertiary/aromatic N) is 1. The first-order valence-electron chi connectivity index (χ1n) is 5.21. The van der Waals surface area contributed by atoms with E-state index in [1.54, 1.807) is 0 Å². The Morgan fingerprint density at radius 2 is 1.79 bits per heavy atom. The lowest BCUT2D eigenvalue weighted by Crippen LogP contribution is -2.31. The van der Waals surface area contributed by atoms with Gasteiger partial charge in [-0.3, -0.25) is 4.79 Å². The van der Waals surface area contributed by atoms with E-state index in [4.69, 9.17) is 0 Å². The average Bonchev–Trinajstić information content (AvgIpc) is 2.56. The van der Waals surface area contributed by atoms with Crippen molar-refractivity contribution in [2.75, 3.05) is 6.54 Å². The molecule has 1 aliphatic heterocycles. The lowest BCUT2D eigenvalue weighted by molar-refractivity contribution is 0.0870. The molecule has 0 aromatic heterocycles.